The summed E-state index contributed by atoms with van der Waals surface area (Å²) < 4.78 is 25.5. The SMILES string of the molecule is COc1ccc(CC(=O)OCc2cc(=O)n3c4c(sc3n2)CCCC4)cc1F. The molecule has 1 aliphatic rings. The van der Waals surface area contributed by atoms with Gasteiger partial charge in [-0.15, -0.1) is 11.3 Å². The van der Waals surface area contributed by atoms with Gasteiger partial charge in [-0.05, 0) is 43.4 Å². The third-order valence-corrected chi connectivity index (χ3v) is 5.90. The van der Waals surface area contributed by atoms with Crippen LogP contribution < -0.4 is 10.3 Å². The van der Waals surface area contributed by atoms with Gasteiger partial charge in [0.2, 0.25) is 0 Å². The van der Waals surface area contributed by atoms with Crippen molar-refractivity contribution in [1.29, 1.82) is 0 Å². The van der Waals surface area contributed by atoms with Crippen LogP contribution in [0, 0.1) is 5.82 Å². The second kappa shape index (κ2) is 7.71. The Balaban J connectivity index is 1.46. The molecule has 146 valence electrons. The number of carbonyl (C=O) groups is 1. The van der Waals surface area contributed by atoms with Gasteiger partial charge in [-0.25, -0.2) is 9.37 Å². The van der Waals surface area contributed by atoms with E-state index in [9.17, 15) is 14.0 Å². The van der Waals surface area contributed by atoms with E-state index < -0.39 is 11.8 Å². The van der Waals surface area contributed by atoms with Crippen molar-refractivity contribution in [3.05, 3.63) is 62.3 Å². The first-order valence-corrected chi connectivity index (χ1v) is 9.88. The predicted octanol–water partition coefficient (Wildman–Crippen LogP) is 3.07. The fraction of sp³-hybridized carbons (Fsp3) is 0.350. The van der Waals surface area contributed by atoms with Crippen molar-refractivity contribution >= 4 is 22.3 Å². The van der Waals surface area contributed by atoms with Gasteiger partial charge in [-0.2, -0.15) is 0 Å². The number of rotatable bonds is 5. The van der Waals surface area contributed by atoms with Crippen molar-refractivity contribution in [1.82, 2.24) is 9.38 Å². The molecule has 0 amide bonds. The Morgan fingerprint density at radius 3 is 2.89 bits per heavy atom. The van der Waals surface area contributed by atoms with Crippen LogP contribution in [0.15, 0.2) is 29.1 Å². The number of aryl methyl sites for hydroxylation is 2. The minimum absolute atomic E-state index is 0.0740. The standard InChI is InChI=1S/C20H19FN2O4S/c1-26-16-7-6-12(8-14(16)21)9-19(25)27-11-13-10-18(24)23-15-4-2-3-5-17(15)28-20(23)22-13/h6-8,10H,2-5,9,11H2,1H3. The van der Waals surface area contributed by atoms with E-state index in [1.807, 2.05) is 0 Å². The lowest BCUT2D eigenvalue weighted by Gasteiger charge is -2.10. The molecule has 2 heterocycles. The summed E-state index contributed by atoms with van der Waals surface area (Å²) in [6, 6.07) is 5.73. The van der Waals surface area contributed by atoms with Crippen LogP contribution in [0.3, 0.4) is 0 Å². The van der Waals surface area contributed by atoms with Crippen molar-refractivity contribution in [2.45, 2.75) is 38.7 Å². The second-order valence-electron chi connectivity index (χ2n) is 6.69. The molecule has 0 aliphatic heterocycles. The van der Waals surface area contributed by atoms with Gasteiger partial charge < -0.3 is 9.47 Å². The van der Waals surface area contributed by atoms with Crippen molar-refractivity contribution < 1.29 is 18.7 Å². The summed E-state index contributed by atoms with van der Waals surface area (Å²) >= 11 is 1.53. The summed E-state index contributed by atoms with van der Waals surface area (Å²) in [5.41, 5.74) is 1.82. The lowest BCUT2D eigenvalue weighted by molar-refractivity contribution is -0.144. The number of carbonyl (C=O) groups excluding carboxylic acids is 1. The summed E-state index contributed by atoms with van der Waals surface area (Å²) in [5, 5.41) is 0. The van der Waals surface area contributed by atoms with Gasteiger partial charge in [-0.3, -0.25) is 14.0 Å². The highest BCUT2D eigenvalue weighted by Gasteiger charge is 2.19. The lowest BCUT2D eigenvalue weighted by atomic mass is 10.0. The van der Waals surface area contributed by atoms with Crippen LogP contribution in [0.5, 0.6) is 5.75 Å². The summed E-state index contributed by atoms with van der Waals surface area (Å²) in [6.45, 7) is -0.0915. The summed E-state index contributed by atoms with van der Waals surface area (Å²) in [5.74, 6) is -0.930. The summed E-state index contributed by atoms with van der Waals surface area (Å²) in [4.78, 5) is 30.9. The number of nitrogens with zero attached hydrogens (tertiary/aromatic N) is 2. The molecule has 2 aromatic heterocycles. The molecule has 8 heteroatoms. The van der Waals surface area contributed by atoms with Gasteiger partial charge in [0.1, 0.15) is 6.61 Å². The van der Waals surface area contributed by atoms with Crippen molar-refractivity contribution in [3.63, 3.8) is 0 Å². The van der Waals surface area contributed by atoms with Crippen LogP contribution in [0.4, 0.5) is 4.39 Å². The molecule has 1 aliphatic carbocycles. The first kappa shape index (κ1) is 18.6. The Morgan fingerprint density at radius 1 is 1.29 bits per heavy atom. The van der Waals surface area contributed by atoms with Crippen LogP contribution in [0.1, 0.15) is 34.7 Å². The van der Waals surface area contributed by atoms with E-state index in [2.05, 4.69) is 4.98 Å². The minimum atomic E-state index is -0.533. The molecule has 3 aromatic rings. The number of benzene rings is 1. The van der Waals surface area contributed by atoms with Gasteiger partial charge in [0, 0.05) is 16.6 Å². The number of methoxy groups -OCH3 is 1. The largest absolute Gasteiger partial charge is 0.494 e. The van der Waals surface area contributed by atoms with E-state index >= 15 is 0 Å². The third kappa shape index (κ3) is 3.64. The number of aromatic nitrogens is 2. The molecule has 0 N–H and O–H groups in total. The topological polar surface area (TPSA) is 69.9 Å². The van der Waals surface area contributed by atoms with E-state index in [4.69, 9.17) is 9.47 Å². The molecule has 0 radical (unpaired) electrons. The van der Waals surface area contributed by atoms with E-state index in [0.29, 0.717) is 16.2 Å². The molecule has 0 spiro atoms. The Bertz CT molecular complexity index is 1110. The smallest absolute Gasteiger partial charge is 0.310 e. The van der Waals surface area contributed by atoms with Crippen molar-refractivity contribution in [3.8, 4) is 5.75 Å². The van der Waals surface area contributed by atoms with Gasteiger partial charge in [-0.1, -0.05) is 6.07 Å². The molecule has 4 rings (SSSR count). The zero-order valence-corrected chi connectivity index (χ0v) is 16.2. The Morgan fingerprint density at radius 2 is 2.11 bits per heavy atom. The van der Waals surface area contributed by atoms with E-state index in [0.717, 1.165) is 31.4 Å². The molecule has 1 aromatic carbocycles. The number of fused-ring (bicyclic) bond motifs is 3. The van der Waals surface area contributed by atoms with Crippen LogP contribution in [0.2, 0.25) is 0 Å². The zero-order valence-electron chi connectivity index (χ0n) is 15.4. The van der Waals surface area contributed by atoms with E-state index in [1.54, 1.807) is 10.5 Å². The van der Waals surface area contributed by atoms with Gasteiger partial charge in [0.15, 0.2) is 16.5 Å². The zero-order chi connectivity index (χ0) is 19.7. The normalized spacial score (nSPS) is 13.4. The van der Waals surface area contributed by atoms with Crippen LogP contribution in [-0.2, 0) is 35.4 Å². The monoisotopic (exact) mass is 402 g/mol. The van der Waals surface area contributed by atoms with Gasteiger partial charge in [0.25, 0.3) is 5.56 Å². The highest BCUT2D eigenvalue weighted by molar-refractivity contribution is 7.17. The van der Waals surface area contributed by atoms with Gasteiger partial charge in [0.05, 0.1) is 19.2 Å². The minimum Gasteiger partial charge on any atom is -0.494 e. The first-order valence-electron chi connectivity index (χ1n) is 9.06. The van der Waals surface area contributed by atoms with Crippen LogP contribution >= 0.6 is 11.3 Å². The van der Waals surface area contributed by atoms with Crippen LogP contribution in [-0.4, -0.2) is 22.5 Å². The average Bonchev–Trinajstić information content (AvgIpc) is 3.05. The number of esters is 1. The van der Waals surface area contributed by atoms with Crippen molar-refractivity contribution in [2.24, 2.45) is 0 Å². The third-order valence-electron chi connectivity index (χ3n) is 4.76. The maximum Gasteiger partial charge on any atom is 0.310 e. The summed E-state index contributed by atoms with van der Waals surface area (Å²) in [7, 11) is 1.38. The molecule has 28 heavy (non-hydrogen) atoms. The number of ether oxygens (including phenoxy) is 2. The van der Waals surface area contributed by atoms with E-state index in [-0.39, 0.29) is 24.3 Å². The second-order valence-corrected chi connectivity index (χ2v) is 7.75. The number of hydrogen-bond donors (Lipinski definition) is 0. The number of halogens is 1. The number of thiazole rings is 1. The maximum absolute atomic E-state index is 13.7. The van der Waals surface area contributed by atoms with Crippen LogP contribution in [0.25, 0.3) is 4.96 Å². The molecule has 6 nitrogen and oxygen atoms in total. The van der Waals surface area contributed by atoms with E-state index in [1.165, 1.54) is 41.5 Å². The highest BCUT2D eigenvalue weighted by Crippen LogP contribution is 2.28. The Kier molecular flexibility index (Phi) is 5.13. The Hall–Kier alpha value is -2.74. The molecule has 0 bridgehead atoms. The number of hydrogen-bond acceptors (Lipinski definition) is 6. The quantitative estimate of drug-likeness (QED) is 0.614. The Labute approximate surface area is 164 Å². The molecular weight excluding hydrogens is 383 g/mol. The average molecular weight is 402 g/mol. The fourth-order valence-electron chi connectivity index (χ4n) is 3.41. The highest BCUT2D eigenvalue weighted by atomic mass is 32.1. The molecule has 0 saturated heterocycles. The predicted molar refractivity (Wildman–Crippen MR) is 102 cm³/mol. The molecule has 0 atom stereocenters. The molecule has 0 saturated carbocycles. The first-order chi connectivity index (χ1) is 13.5. The van der Waals surface area contributed by atoms with Gasteiger partial charge >= 0.3 is 5.97 Å². The molecular formula is C20H19FN2O4S. The molecule has 0 fully saturated rings. The fourth-order valence-corrected chi connectivity index (χ4v) is 4.64. The molecule has 0 unspecified atom stereocenters. The summed E-state index contributed by atoms with van der Waals surface area (Å²) in [6.07, 6.45) is 4.01. The van der Waals surface area contributed by atoms with Crippen molar-refractivity contribution in [2.75, 3.05) is 7.11 Å². The lowest BCUT2D eigenvalue weighted by Crippen LogP contribution is -2.19. The maximum atomic E-state index is 13.7.